The predicted molar refractivity (Wildman–Crippen MR) is 162 cm³/mol. The average molecular weight is 583 g/mol. The van der Waals surface area contributed by atoms with Crippen LogP contribution in [0.25, 0.3) is 6.08 Å². The van der Waals surface area contributed by atoms with Crippen molar-refractivity contribution < 1.29 is 23.6 Å². The fourth-order valence-corrected chi connectivity index (χ4v) is 4.57. The Morgan fingerprint density at radius 1 is 0.762 bits per heavy atom. The lowest BCUT2D eigenvalue weighted by atomic mass is 10.1. The van der Waals surface area contributed by atoms with Gasteiger partial charge in [0, 0.05) is 27.4 Å². The molecule has 0 aliphatic heterocycles. The van der Waals surface area contributed by atoms with E-state index in [1.54, 1.807) is 73.7 Å². The first-order valence-electron chi connectivity index (χ1n) is 12.8. The summed E-state index contributed by atoms with van der Waals surface area (Å²) in [5.74, 6) is -2.24. The summed E-state index contributed by atoms with van der Waals surface area (Å²) in [6.45, 7) is 1.76. The van der Waals surface area contributed by atoms with Crippen molar-refractivity contribution in [2.24, 2.45) is 5.73 Å². The van der Waals surface area contributed by atoms with Gasteiger partial charge in [-0.2, -0.15) is 0 Å². The zero-order valence-corrected chi connectivity index (χ0v) is 23.3. The number of anilines is 2. The Morgan fingerprint density at radius 2 is 1.36 bits per heavy atom. The van der Waals surface area contributed by atoms with E-state index >= 15 is 0 Å². The normalized spacial score (nSPS) is 11.7. The van der Waals surface area contributed by atoms with E-state index in [2.05, 4.69) is 16.0 Å². The van der Waals surface area contributed by atoms with E-state index in [9.17, 15) is 23.6 Å². The van der Waals surface area contributed by atoms with Crippen LogP contribution < -0.4 is 21.7 Å². The minimum atomic E-state index is -0.570. The number of thioether (sulfide) groups is 1. The summed E-state index contributed by atoms with van der Waals surface area (Å²) < 4.78 is 13.4. The first-order chi connectivity index (χ1) is 20.2. The predicted octanol–water partition coefficient (Wildman–Crippen LogP) is 5.45. The van der Waals surface area contributed by atoms with Crippen LogP contribution in [0, 0.1) is 5.82 Å². The molecule has 0 aromatic heterocycles. The zero-order valence-electron chi connectivity index (χ0n) is 22.5. The lowest BCUT2D eigenvalue weighted by Gasteiger charge is -2.14. The molecule has 0 fully saturated rings. The van der Waals surface area contributed by atoms with Crippen molar-refractivity contribution in [3.05, 3.63) is 131 Å². The third-order valence-electron chi connectivity index (χ3n) is 5.94. The zero-order chi connectivity index (χ0) is 30.1. The third-order valence-corrected chi connectivity index (χ3v) is 7.05. The van der Waals surface area contributed by atoms with Gasteiger partial charge in [0.1, 0.15) is 11.5 Å². The van der Waals surface area contributed by atoms with Crippen LogP contribution >= 0.6 is 11.8 Å². The van der Waals surface area contributed by atoms with Gasteiger partial charge in [-0.25, -0.2) is 4.39 Å². The second-order valence-corrected chi connectivity index (χ2v) is 10.5. The van der Waals surface area contributed by atoms with E-state index in [-0.39, 0.29) is 11.6 Å². The maximum absolute atomic E-state index is 13.4. The molecule has 4 aromatic carbocycles. The molecule has 10 heteroatoms. The van der Waals surface area contributed by atoms with Crippen LogP contribution in [0.1, 0.15) is 33.2 Å². The average Bonchev–Trinajstić information content (AvgIpc) is 2.99. The molecule has 0 bridgehead atoms. The largest absolute Gasteiger partial charge is 0.366 e. The molecule has 8 nitrogen and oxygen atoms in total. The third kappa shape index (κ3) is 8.39. The highest BCUT2D eigenvalue weighted by molar-refractivity contribution is 8.00. The van der Waals surface area contributed by atoms with Gasteiger partial charge in [-0.15, -0.1) is 11.8 Å². The van der Waals surface area contributed by atoms with Crippen LogP contribution in [-0.4, -0.2) is 28.9 Å². The highest BCUT2D eigenvalue weighted by Crippen LogP contribution is 2.26. The number of rotatable bonds is 10. The van der Waals surface area contributed by atoms with Crippen molar-refractivity contribution in [3.63, 3.8) is 0 Å². The Balaban J connectivity index is 1.40. The number of hydrogen-bond acceptors (Lipinski definition) is 5. The lowest BCUT2D eigenvalue weighted by molar-refractivity contribution is -0.115. The Kier molecular flexibility index (Phi) is 9.85. The van der Waals surface area contributed by atoms with Gasteiger partial charge in [0.05, 0.1) is 5.25 Å². The van der Waals surface area contributed by atoms with Crippen LogP contribution in [0.3, 0.4) is 0 Å². The van der Waals surface area contributed by atoms with Gasteiger partial charge in [-0.1, -0.05) is 30.3 Å². The molecule has 4 rings (SSSR count). The molecular formula is C32H27FN4O4S. The Hall–Kier alpha value is -5.22. The monoisotopic (exact) mass is 582 g/mol. The molecule has 4 aromatic rings. The van der Waals surface area contributed by atoms with Gasteiger partial charge in [-0.3, -0.25) is 19.2 Å². The van der Waals surface area contributed by atoms with E-state index in [0.717, 1.165) is 4.90 Å². The second kappa shape index (κ2) is 13.9. The number of carbonyl (C=O) groups is 4. The van der Waals surface area contributed by atoms with Crippen LogP contribution in [0.4, 0.5) is 15.8 Å². The number of hydrogen-bond donors (Lipinski definition) is 4. The maximum Gasteiger partial charge on any atom is 0.272 e. The molecule has 0 saturated carbocycles. The molecule has 0 saturated heterocycles. The molecule has 42 heavy (non-hydrogen) atoms. The van der Waals surface area contributed by atoms with E-state index in [1.807, 2.05) is 0 Å². The quantitative estimate of drug-likeness (QED) is 0.146. The highest BCUT2D eigenvalue weighted by atomic mass is 32.2. The van der Waals surface area contributed by atoms with Gasteiger partial charge >= 0.3 is 0 Å². The fourth-order valence-electron chi connectivity index (χ4n) is 3.70. The number of nitrogens with two attached hydrogens (primary N) is 1. The van der Waals surface area contributed by atoms with Crippen LogP contribution in [-0.2, 0) is 9.59 Å². The minimum absolute atomic E-state index is 0.0249. The van der Waals surface area contributed by atoms with Gasteiger partial charge in [0.25, 0.3) is 11.8 Å². The fraction of sp³-hybridized carbons (Fsp3) is 0.0625. The Labute approximate surface area is 246 Å². The van der Waals surface area contributed by atoms with Gasteiger partial charge in [0.15, 0.2) is 0 Å². The van der Waals surface area contributed by atoms with Crippen LogP contribution in [0.5, 0.6) is 0 Å². The smallest absolute Gasteiger partial charge is 0.272 e. The summed E-state index contributed by atoms with van der Waals surface area (Å²) in [4.78, 5) is 50.6. The minimum Gasteiger partial charge on any atom is -0.366 e. The second-order valence-electron chi connectivity index (χ2n) is 9.10. The van der Waals surface area contributed by atoms with E-state index in [4.69, 9.17) is 5.73 Å². The van der Waals surface area contributed by atoms with Crippen molar-refractivity contribution >= 4 is 52.8 Å². The molecule has 212 valence electrons. The summed E-state index contributed by atoms with van der Waals surface area (Å²) in [6, 6.07) is 27.1. The molecule has 0 aliphatic rings. The molecule has 1 unspecified atom stereocenters. The van der Waals surface area contributed by atoms with Crippen molar-refractivity contribution in [2.75, 3.05) is 10.6 Å². The summed E-state index contributed by atoms with van der Waals surface area (Å²) >= 11 is 1.32. The molecular weight excluding hydrogens is 555 g/mol. The topological polar surface area (TPSA) is 130 Å². The molecule has 0 radical (unpaired) electrons. The summed E-state index contributed by atoms with van der Waals surface area (Å²) in [5, 5.41) is 7.75. The van der Waals surface area contributed by atoms with Crippen LogP contribution in [0.15, 0.2) is 114 Å². The van der Waals surface area contributed by atoms with Gasteiger partial charge in [-0.05, 0) is 91.4 Å². The Bertz CT molecular complexity index is 1610. The standard InChI is InChI=1S/C32H27FN4O4S/c1-20(30(39)35-25-13-9-22(10-14-25)29(34)38)42-27-17-15-26(16-18-27)36-32(41)28(19-21-7-11-24(33)12-8-21)37-31(40)23-5-3-2-4-6-23/h2-20H,1H3,(H2,34,38)(H,35,39)(H,36,41)(H,37,40)/b28-19-. The van der Waals surface area contributed by atoms with Crippen molar-refractivity contribution in [3.8, 4) is 0 Å². The first kappa shape index (κ1) is 29.8. The molecule has 1 atom stereocenters. The number of nitrogens with one attached hydrogen (secondary N) is 3. The lowest BCUT2D eigenvalue weighted by Crippen LogP contribution is -2.30. The van der Waals surface area contributed by atoms with E-state index in [0.29, 0.717) is 28.1 Å². The van der Waals surface area contributed by atoms with Gasteiger partial charge in [0.2, 0.25) is 11.8 Å². The van der Waals surface area contributed by atoms with E-state index in [1.165, 1.54) is 54.2 Å². The number of halogens is 1. The maximum atomic E-state index is 13.4. The molecule has 4 amide bonds. The highest BCUT2D eigenvalue weighted by Gasteiger charge is 2.17. The van der Waals surface area contributed by atoms with Crippen molar-refractivity contribution in [2.45, 2.75) is 17.1 Å². The summed E-state index contributed by atoms with van der Waals surface area (Å²) in [7, 11) is 0. The number of benzene rings is 4. The van der Waals surface area contributed by atoms with Crippen molar-refractivity contribution in [1.29, 1.82) is 0 Å². The SMILES string of the molecule is CC(Sc1ccc(NC(=O)/C(=C/c2ccc(F)cc2)NC(=O)c2ccccc2)cc1)C(=O)Nc1ccc(C(N)=O)cc1. The molecule has 5 N–H and O–H groups in total. The first-order valence-corrected chi connectivity index (χ1v) is 13.7. The summed E-state index contributed by atoms with van der Waals surface area (Å²) in [6.07, 6.45) is 1.46. The van der Waals surface area contributed by atoms with Crippen LogP contribution in [0.2, 0.25) is 0 Å². The number of amides is 4. The Morgan fingerprint density at radius 3 is 1.98 bits per heavy atom. The number of primary amides is 1. The molecule has 0 heterocycles. The van der Waals surface area contributed by atoms with E-state index < -0.39 is 28.8 Å². The van der Waals surface area contributed by atoms with Gasteiger partial charge < -0.3 is 21.7 Å². The molecule has 0 spiro atoms. The summed E-state index contributed by atoms with van der Waals surface area (Å²) in [5.41, 5.74) is 7.47. The molecule has 0 aliphatic carbocycles. The number of carbonyl (C=O) groups excluding carboxylic acids is 4. The van der Waals surface area contributed by atoms with Crippen molar-refractivity contribution in [1.82, 2.24) is 5.32 Å².